The standard InChI is InChI=1S/C27H29NO5/c1-4-5-8-19-32-22-15-17-24(18-16-22)33-23-13-11-21(12-14-23)28(20(2)29)26-10-7-6-9-25(26)27(30)31-3/h6-7,9-18H,4-5,8,19H2,1-3H3. The van der Waals surface area contributed by atoms with E-state index >= 15 is 0 Å². The molecule has 3 aromatic rings. The molecule has 0 saturated heterocycles. The zero-order valence-corrected chi connectivity index (χ0v) is 19.2. The van der Waals surface area contributed by atoms with Gasteiger partial charge >= 0.3 is 5.97 Å². The first-order valence-corrected chi connectivity index (χ1v) is 11.0. The van der Waals surface area contributed by atoms with E-state index in [0.717, 1.165) is 25.0 Å². The fraction of sp³-hybridized carbons (Fsp3) is 0.259. The molecule has 6 nitrogen and oxygen atoms in total. The van der Waals surface area contributed by atoms with Crippen LogP contribution < -0.4 is 14.4 Å². The van der Waals surface area contributed by atoms with Crippen LogP contribution in [0.15, 0.2) is 72.8 Å². The molecule has 0 aromatic heterocycles. The van der Waals surface area contributed by atoms with E-state index in [1.807, 2.05) is 24.3 Å². The number of anilines is 2. The van der Waals surface area contributed by atoms with Gasteiger partial charge in [0.1, 0.15) is 17.2 Å². The highest BCUT2D eigenvalue weighted by atomic mass is 16.5. The Kier molecular flexibility index (Phi) is 8.47. The summed E-state index contributed by atoms with van der Waals surface area (Å²) in [6.45, 7) is 4.32. The lowest BCUT2D eigenvalue weighted by atomic mass is 10.1. The van der Waals surface area contributed by atoms with E-state index in [1.165, 1.54) is 18.9 Å². The number of unbranched alkanes of at least 4 members (excludes halogenated alkanes) is 2. The van der Waals surface area contributed by atoms with Crippen LogP contribution in [0.2, 0.25) is 0 Å². The van der Waals surface area contributed by atoms with E-state index in [1.54, 1.807) is 48.5 Å². The van der Waals surface area contributed by atoms with Gasteiger partial charge in [0.25, 0.3) is 0 Å². The van der Waals surface area contributed by atoms with Gasteiger partial charge in [0.15, 0.2) is 0 Å². The maximum absolute atomic E-state index is 12.5. The van der Waals surface area contributed by atoms with Gasteiger partial charge in [-0.05, 0) is 67.1 Å². The second-order valence-electron chi connectivity index (χ2n) is 7.49. The Balaban J connectivity index is 1.72. The minimum Gasteiger partial charge on any atom is -0.494 e. The maximum Gasteiger partial charge on any atom is 0.339 e. The van der Waals surface area contributed by atoms with Crippen LogP contribution in [0.1, 0.15) is 43.5 Å². The van der Waals surface area contributed by atoms with Gasteiger partial charge in [0.2, 0.25) is 5.91 Å². The first-order chi connectivity index (χ1) is 16.0. The molecule has 0 aliphatic carbocycles. The van der Waals surface area contributed by atoms with Crippen LogP contribution in [0, 0.1) is 0 Å². The molecule has 0 N–H and O–H groups in total. The Morgan fingerprint density at radius 1 is 0.818 bits per heavy atom. The lowest BCUT2D eigenvalue weighted by molar-refractivity contribution is -0.115. The van der Waals surface area contributed by atoms with Crippen molar-refractivity contribution in [3.63, 3.8) is 0 Å². The zero-order valence-electron chi connectivity index (χ0n) is 19.2. The highest BCUT2D eigenvalue weighted by Gasteiger charge is 2.21. The topological polar surface area (TPSA) is 65.1 Å². The van der Waals surface area contributed by atoms with Crippen molar-refractivity contribution in [1.29, 1.82) is 0 Å². The Bertz CT molecular complexity index is 1060. The minimum absolute atomic E-state index is 0.227. The number of esters is 1. The zero-order chi connectivity index (χ0) is 23.6. The number of amides is 1. The average molecular weight is 448 g/mol. The Morgan fingerprint density at radius 2 is 1.42 bits per heavy atom. The van der Waals surface area contributed by atoms with Crippen molar-refractivity contribution in [2.24, 2.45) is 0 Å². The molecule has 33 heavy (non-hydrogen) atoms. The van der Waals surface area contributed by atoms with Gasteiger partial charge < -0.3 is 14.2 Å². The van der Waals surface area contributed by atoms with Gasteiger partial charge in [0.05, 0.1) is 25.0 Å². The second-order valence-corrected chi connectivity index (χ2v) is 7.49. The van der Waals surface area contributed by atoms with Crippen LogP contribution in [0.25, 0.3) is 0 Å². The number of ether oxygens (including phenoxy) is 3. The van der Waals surface area contributed by atoms with E-state index in [0.29, 0.717) is 35.0 Å². The summed E-state index contributed by atoms with van der Waals surface area (Å²) in [5, 5.41) is 0. The van der Waals surface area contributed by atoms with Crippen LogP contribution >= 0.6 is 0 Å². The summed E-state index contributed by atoms with van der Waals surface area (Å²) in [4.78, 5) is 26.1. The molecule has 0 atom stereocenters. The number of nitrogens with zero attached hydrogens (tertiary/aromatic N) is 1. The normalized spacial score (nSPS) is 10.4. The minimum atomic E-state index is -0.505. The smallest absolute Gasteiger partial charge is 0.339 e. The van der Waals surface area contributed by atoms with Gasteiger partial charge in [-0.1, -0.05) is 31.9 Å². The van der Waals surface area contributed by atoms with E-state index < -0.39 is 5.97 Å². The number of hydrogen-bond acceptors (Lipinski definition) is 5. The SMILES string of the molecule is CCCCCOc1ccc(Oc2ccc(N(C(C)=O)c3ccccc3C(=O)OC)cc2)cc1. The van der Waals surface area contributed by atoms with Crippen LogP contribution in [-0.4, -0.2) is 25.6 Å². The molecule has 172 valence electrons. The molecule has 0 saturated carbocycles. The predicted octanol–water partition coefficient (Wildman–Crippen LogP) is 6.52. The molecule has 6 heteroatoms. The molecule has 0 heterocycles. The summed E-state index contributed by atoms with van der Waals surface area (Å²) in [5.41, 5.74) is 1.38. The van der Waals surface area contributed by atoms with Gasteiger partial charge in [-0.2, -0.15) is 0 Å². The van der Waals surface area contributed by atoms with Crippen molar-refractivity contribution in [3.05, 3.63) is 78.4 Å². The summed E-state index contributed by atoms with van der Waals surface area (Å²) in [6.07, 6.45) is 3.37. The lowest BCUT2D eigenvalue weighted by Crippen LogP contribution is -2.25. The van der Waals surface area contributed by atoms with Crippen LogP contribution in [0.5, 0.6) is 17.2 Å². The summed E-state index contributed by atoms with van der Waals surface area (Å²) in [5.74, 6) is 1.39. The molecule has 0 spiro atoms. The fourth-order valence-electron chi connectivity index (χ4n) is 3.39. The quantitative estimate of drug-likeness (QED) is 0.261. The summed E-state index contributed by atoms with van der Waals surface area (Å²) in [7, 11) is 1.31. The van der Waals surface area contributed by atoms with E-state index in [-0.39, 0.29) is 5.91 Å². The van der Waals surface area contributed by atoms with Crippen LogP contribution in [0.3, 0.4) is 0 Å². The molecular formula is C27H29NO5. The van der Waals surface area contributed by atoms with Crippen molar-refractivity contribution in [1.82, 2.24) is 0 Å². The number of para-hydroxylation sites is 1. The number of benzene rings is 3. The third kappa shape index (κ3) is 6.35. The molecule has 3 rings (SSSR count). The first-order valence-electron chi connectivity index (χ1n) is 11.0. The van der Waals surface area contributed by atoms with Gasteiger partial charge in [-0.3, -0.25) is 9.69 Å². The van der Waals surface area contributed by atoms with Crippen LogP contribution in [0.4, 0.5) is 11.4 Å². The third-order valence-electron chi connectivity index (χ3n) is 5.04. The van der Waals surface area contributed by atoms with Crippen molar-refractivity contribution in [3.8, 4) is 17.2 Å². The Hall–Kier alpha value is -3.80. The summed E-state index contributed by atoms with van der Waals surface area (Å²) < 4.78 is 16.5. The number of methoxy groups -OCH3 is 1. The highest BCUT2D eigenvalue weighted by molar-refractivity contribution is 6.06. The van der Waals surface area contributed by atoms with Crippen molar-refractivity contribution >= 4 is 23.3 Å². The largest absolute Gasteiger partial charge is 0.494 e. The van der Waals surface area contributed by atoms with Gasteiger partial charge in [0, 0.05) is 12.6 Å². The Labute approximate surface area is 194 Å². The molecule has 0 aliphatic heterocycles. The van der Waals surface area contributed by atoms with Crippen molar-refractivity contribution < 1.29 is 23.8 Å². The first kappa shape index (κ1) is 23.9. The fourth-order valence-corrected chi connectivity index (χ4v) is 3.39. The lowest BCUT2D eigenvalue weighted by Gasteiger charge is -2.23. The van der Waals surface area contributed by atoms with Crippen molar-refractivity contribution in [2.75, 3.05) is 18.6 Å². The summed E-state index contributed by atoms with van der Waals surface area (Å²) >= 11 is 0. The monoisotopic (exact) mass is 447 g/mol. The molecule has 0 radical (unpaired) electrons. The number of carbonyl (C=O) groups is 2. The molecular weight excluding hydrogens is 418 g/mol. The molecule has 0 bridgehead atoms. The van der Waals surface area contributed by atoms with E-state index in [4.69, 9.17) is 14.2 Å². The number of hydrogen-bond donors (Lipinski definition) is 0. The molecule has 0 fully saturated rings. The highest BCUT2D eigenvalue weighted by Crippen LogP contribution is 2.32. The predicted molar refractivity (Wildman–Crippen MR) is 129 cm³/mol. The van der Waals surface area contributed by atoms with Crippen LogP contribution in [-0.2, 0) is 9.53 Å². The van der Waals surface area contributed by atoms with E-state index in [9.17, 15) is 9.59 Å². The van der Waals surface area contributed by atoms with Crippen molar-refractivity contribution in [2.45, 2.75) is 33.1 Å². The summed E-state index contributed by atoms with van der Waals surface area (Å²) in [6, 6.07) is 21.4. The van der Waals surface area contributed by atoms with Gasteiger partial charge in [-0.25, -0.2) is 4.79 Å². The second kappa shape index (κ2) is 11.7. The molecule has 0 unspecified atom stereocenters. The van der Waals surface area contributed by atoms with Gasteiger partial charge in [-0.15, -0.1) is 0 Å². The molecule has 0 aliphatic rings. The number of carbonyl (C=O) groups excluding carboxylic acids is 2. The molecule has 3 aromatic carbocycles. The Morgan fingerprint density at radius 3 is 2.03 bits per heavy atom. The maximum atomic E-state index is 12.5. The van der Waals surface area contributed by atoms with E-state index in [2.05, 4.69) is 6.92 Å². The third-order valence-corrected chi connectivity index (χ3v) is 5.04. The molecule has 1 amide bonds. The number of rotatable bonds is 10. The average Bonchev–Trinajstić information content (AvgIpc) is 2.84.